The predicted molar refractivity (Wildman–Crippen MR) is 66.2 cm³/mol. The second-order valence-corrected chi connectivity index (χ2v) is 5.93. The number of anilines is 1. The largest absolute Gasteiger partial charge is 0.384 e. The van der Waals surface area contributed by atoms with Crippen molar-refractivity contribution in [3.05, 3.63) is 23.2 Å². The van der Waals surface area contributed by atoms with Gasteiger partial charge in [-0.15, -0.1) is 0 Å². The van der Waals surface area contributed by atoms with Gasteiger partial charge in [0.2, 0.25) is 10.0 Å². The normalized spacial score (nSPS) is 11.8. The van der Waals surface area contributed by atoms with Crippen molar-refractivity contribution in [2.24, 2.45) is 11.1 Å². The van der Waals surface area contributed by atoms with Crippen LogP contribution in [-0.2, 0) is 10.0 Å². The molecule has 4 nitrogen and oxygen atoms in total. The number of rotatable bonds is 4. The minimum atomic E-state index is -3.68. The second-order valence-electron chi connectivity index (χ2n) is 3.96. The van der Waals surface area contributed by atoms with Crippen LogP contribution in [0.5, 0.6) is 0 Å². The molecule has 0 saturated carbocycles. The SMILES string of the molecule is CC(C)CNc1cc(S(N)(=O)=O)ccc1Cl. The average molecular weight is 263 g/mol. The second kappa shape index (κ2) is 5.03. The van der Waals surface area contributed by atoms with E-state index in [2.05, 4.69) is 5.32 Å². The Labute approximate surface area is 101 Å². The number of benzene rings is 1. The van der Waals surface area contributed by atoms with Crippen molar-refractivity contribution in [1.29, 1.82) is 0 Å². The number of halogens is 1. The van der Waals surface area contributed by atoms with Crippen LogP contribution < -0.4 is 10.5 Å². The lowest BCUT2D eigenvalue weighted by atomic mass is 10.2. The molecule has 0 unspecified atom stereocenters. The Bertz CT molecular complexity index is 472. The van der Waals surface area contributed by atoms with Crippen LogP contribution in [0.3, 0.4) is 0 Å². The number of sulfonamides is 1. The van der Waals surface area contributed by atoms with E-state index in [4.69, 9.17) is 16.7 Å². The molecule has 1 aromatic carbocycles. The zero-order valence-corrected chi connectivity index (χ0v) is 10.8. The average Bonchev–Trinajstić information content (AvgIpc) is 2.14. The van der Waals surface area contributed by atoms with E-state index in [1.165, 1.54) is 18.2 Å². The van der Waals surface area contributed by atoms with Crippen LogP contribution in [0.15, 0.2) is 23.1 Å². The van der Waals surface area contributed by atoms with Gasteiger partial charge >= 0.3 is 0 Å². The Kier molecular flexibility index (Phi) is 4.18. The number of primary sulfonamides is 1. The van der Waals surface area contributed by atoms with Gasteiger partial charge in [0, 0.05) is 6.54 Å². The lowest BCUT2D eigenvalue weighted by Gasteiger charge is -2.11. The first-order chi connectivity index (χ1) is 7.30. The summed E-state index contributed by atoms with van der Waals surface area (Å²) in [5.41, 5.74) is 0.585. The van der Waals surface area contributed by atoms with Crippen molar-refractivity contribution in [2.45, 2.75) is 18.7 Å². The fourth-order valence-electron chi connectivity index (χ4n) is 1.13. The van der Waals surface area contributed by atoms with Gasteiger partial charge in [-0.3, -0.25) is 0 Å². The van der Waals surface area contributed by atoms with Crippen LogP contribution in [-0.4, -0.2) is 15.0 Å². The molecule has 0 fully saturated rings. The van der Waals surface area contributed by atoms with Crippen molar-refractivity contribution in [3.63, 3.8) is 0 Å². The van der Waals surface area contributed by atoms with Crippen molar-refractivity contribution in [3.8, 4) is 0 Å². The number of nitrogens with two attached hydrogens (primary N) is 1. The number of hydrogen-bond acceptors (Lipinski definition) is 3. The quantitative estimate of drug-likeness (QED) is 0.872. The lowest BCUT2D eigenvalue weighted by Crippen LogP contribution is -2.13. The third-order valence-electron chi connectivity index (χ3n) is 1.97. The molecule has 0 radical (unpaired) electrons. The maximum Gasteiger partial charge on any atom is 0.238 e. The summed E-state index contributed by atoms with van der Waals surface area (Å²) in [6, 6.07) is 4.35. The summed E-state index contributed by atoms with van der Waals surface area (Å²) >= 11 is 5.93. The molecule has 0 aliphatic carbocycles. The Balaban J connectivity index is 3.00. The fourth-order valence-corrected chi connectivity index (χ4v) is 1.86. The van der Waals surface area contributed by atoms with Crippen molar-refractivity contribution < 1.29 is 8.42 Å². The molecular weight excluding hydrogens is 248 g/mol. The number of nitrogens with one attached hydrogen (secondary N) is 1. The van der Waals surface area contributed by atoms with Gasteiger partial charge in [0.25, 0.3) is 0 Å². The molecule has 0 heterocycles. The Hall–Kier alpha value is -0.780. The molecule has 0 spiro atoms. The maximum atomic E-state index is 11.1. The molecule has 0 aliphatic rings. The van der Waals surface area contributed by atoms with Gasteiger partial charge in [-0.05, 0) is 24.1 Å². The van der Waals surface area contributed by atoms with Crippen LogP contribution in [0.2, 0.25) is 5.02 Å². The monoisotopic (exact) mass is 262 g/mol. The summed E-state index contributed by atoms with van der Waals surface area (Å²) in [5, 5.41) is 8.59. The van der Waals surface area contributed by atoms with E-state index >= 15 is 0 Å². The van der Waals surface area contributed by atoms with E-state index in [1.807, 2.05) is 13.8 Å². The molecule has 0 amide bonds. The molecular formula is C10H15ClN2O2S. The molecule has 3 N–H and O–H groups in total. The van der Waals surface area contributed by atoms with Gasteiger partial charge in [-0.1, -0.05) is 25.4 Å². The first-order valence-electron chi connectivity index (χ1n) is 4.87. The van der Waals surface area contributed by atoms with Gasteiger partial charge in [-0.25, -0.2) is 13.6 Å². The van der Waals surface area contributed by atoms with Gasteiger partial charge in [0.15, 0.2) is 0 Å². The van der Waals surface area contributed by atoms with E-state index in [1.54, 1.807) is 0 Å². The first-order valence-corrected chi connectivity index (χ1v) is 6.79. The Morgan fingerprint density at radius 2 is 2.06 bits per heavy atom. The zero-order valence-electron chi connectivity index (χ0n) is 9.20. The zero-order chi connectivity index (χ0) is 12.3. The first kappa shape index (κ1) is 13.3. The summed E-state index contributed by atoms with van der Waals surface area (Å²) in [5.74, 6) is 0.439. The summed E-state index contributed by atoms with van der Waals surface area (Å²) in [6.45, 7) is 4.81. The predicted octanol–water partition coefficient (Wildman–Crippen LogP) is 2.06. The minimum Gasteiger partial charge on any atom is -0.384 e. The Morgan fingerprint density at radius 3 is 2.56 bits per heavy atom. The van der Waals surface area contributed by atoms with Crippen molar-refractivity contribution in [2.75, 3.05) is 11.9 Å². The van der Waals surface area contributed by atoms with Gasteiger partial charge in [-0.2, -0.15) is 0 Å². The van der Waals surface area contributed by atoms with Gasteiger partial charge in [0.1, 0.15) is 0 Å². The highest BCUT2D eigenvalue weighted by Crippen LogP contribution is 2.24. The highest BCUT2D eigenvalue weighted by molar-refractivity contribution is 7.89. The molecule has 6 heteroatoms. The summed E-state index contributed by atoms with van der Waals surface area (Å²) in [4.78, 5) is 0.0585. The van der Waals surface area contributed by atoms with Gasteiger partial charge < -0.3 is 5.32 Å². The number of hydrogen-bond donors (Lipinski definition) is 2. The standard InChI is InChI=1S/C10H15ClN2O2S/c1-7(2)6-13-10-5-8(16(12,14)15)3-4-9(10)11/h3-5,7,13H,6H2,1-2H3,(H2,12,14,15). The topological polar surface area (TPSA) is 72.2 Å². The molecule has 0 aromatic heterocycles. The van der Waals surface area contributed by atoms with E-state index < -0.39 is 10.0 Å². The molecule has 0 aliphatic heterocycles. The van der Waals surface area contributed by atoms with Crippen molar-refractivity contribution in [1.82, 2.24) is 0 Å². The summed E-state index contributed by atoms with van der Waals surface area (Å²) in [7, 11) is -3.68. The smallest absolute Gasteiger partial charge is 0.238 e. The van der Waals surface area contributed by atoms with Crippen LogP contribution in [0.4, 0.5) is 5.69 Å². The summed E-state index contributed by atoms with van der Waals surface area (Å²) < 4.78 is 22.3. The van der Waals surface area contributed by atoms with Crippen LogP contribution >= 0.6 is 11.6 Å². The third-order valence-corrected chi connectivity index (χ3v) is 3.21. The maximum absolute atomic E-state index is 11.1. The minimum absolute atomic E-state index is 0.0585. The molecule has 90 valence electrons. The molecule has 0 saturated heterocycles. The van der Waals surface area contributed by atoms with Gasteiger partial charge in [0.05, 0.1) is 15.6 Å². The third kappa shape index (κ3) is 3.66. The lowest BCUT2D eigenvalue weighted by molar-refractivity contribution is 0.598. The highest BCUT2D eigenvalue weighted by atomic mass is 35.5. The molecule has 1 aromatic rings. The summed E-state index contributed by atoms with van der Waals surface area (Å²) in [6.07, 6.45) is 0. The fraction of sp³-hybridized carbons (Fsp3) is 0.400. The molecule has 0 bridgehead atoms. The Morgan fingerprint density at radius 1 is 1.44 bits per heavy atom. The van der Waals surface area contributed by atoms with Crippen LogP contribution in [0.25, 0.3) is 0 Å². The van der Waals surface area contributed by atoms with Crippen LogP contribution in [0.1, 0.15) is 13.8 Å². The molecule has 1 rings (SSSR count). The molecule has 16 heavy (non-hydrogen) atoms. The van der Waals surface area contributed by atoms with Crippen molar-refractivity contribution >= 4 is 27.3 Å². The van der Waals surface area contributed by atoms with E-state index in [-0.39, 0.29) is 4.90 Å². The van der Waals surface area contributed by atoms with Crippen LogP contribution in [0, 0.1) is 5.92 Å². The van der Waals surface area contributed by atoms with E-state index in [0.29, 0.717) is 23.2 Å². The highest BCUT2D eigenvalue weighted by Gasteiger charge is 2.10. The molecule has 0 atom stereocenters. The van der Waals surface area contributed by atoms with E-state index in [9.17, 15) is 8.42 Å². The van der Waals surface area contributed by atoms with E-state index in [0.717, 1.165) is 0 Å².